The minimum atomic E-state index is -4.48. The summed E-state index contributed by atoms with van der Waals surface area (Å²) in [5.74, 6) is -0.904. The van der Waals surface area contributed by atoms with Crippen LogP contribution in [-0.2, 0) is 24.4 Å². The number of likely N-dealkylation sites (N-methyl/N-ethyl adjacent to an activating group) is 1. The largest absolute Gasteiger partial charge is 0.491 e. The SMILES string of the molecule is Cc1c(-c2c(-c3ccc(F)cc3)ncc3snc(OC(Cc4ccccc4OCc4ccnn4CC(F)(F)F)C(=O)O)c23)ccc(OCCN2CCN(C)CC2)c1Cl. The van der Waals surface area contributed by atoms with E-state index in [4.69, 9.17) is 30.8 Å². The average molecular weight is 839 g/mol. The number of alkyl halides is 3. The van der Waals surface area contributed by atoms with E-state index in [9.17, 15) is 27.5 Å². The summed E-state index contributed by atoms with van der Waals surface area (Å²) >= 11 is 8.07. The van der Waals surface area contributed by atoms with Crippen LogP contribution in [0.2, 0.25) is 5.02 Å². The fraction of sp³-hybridized carbons (Fsp3) is 0.317. The molecule has 3 aromatic carbocycles. The van der Waals surface area contributed by atoms with E-state index in [1.54, 1.807) is 48.7 Å². The molecule has 3 aromatic heterocycles. The van der Waals surface area contributed by atoms with Gasteiger partial charge >= 0.3 is 12.1 Å². The van der Waals surface area contributed by atoms with Gasteiger partial charge in [0, 0.05) is 62.7 Å². The van der Waals surface area contributed by atoms with Gasteiger partial charge in [-0.1, -0.05) is 35.9 Å². The molecule has 1 saturated heterocycles. The lowest BCUT2D eigenvalue weighted by atomic mass is 9.93. The van der Waals surface area contributed by atoms with Gasteiger partial charge in [0.15, 0.2) is 0 Å². The van der Waals surface area contributed by atoms with Crippen LogP contribution in [0.3, 0.4) is 0 Å². The minimum absolute atomic E-state index is 0.0330. The number of pyridine rings is 1. The van der Waals surface area contributed by atoms with Gasteiger partial charge in [-0.2, -0.15) is 22.6 Å². The molecule has 304 valence electrons. The third-order valence-corrected chi connectivity index (χ3v) is 11.1. The van der Waals surface area contributed by atoms with Gasteiger partial charge in [-0.15, -0.1) is 0 Å². The highest BCUT2D eigenvalue weighted by Gasteiger charge is 2.30. The second-order valence-corrected chi connectivity index (χ2v) is 15.1. The Hall–Kier alpha value is -5.29. The van der Waals surface area contributed by atoms with E-state index in [-0.39, 0.29) is 30.4 Å². The third-order valence-electron chi connectivity index (χ3n) is 9.90. The zero-order chi connectivity index (χ0) is 41.0. The van der Waals surface area contributed by atoms with Crippen LogP contribution in [0.25, 0.3) is 32.5 Å². The average Bonchev–Trinajstić information content (AvgIpc) is 3.82. The highest BCUT2D eigenvalue weighted by Crippen LogP contribution is 2.46. The standard InChI is InChI=1S/C41H39ClF4N6O5S/c1-25-30(11-12-32(37(25)42)55-20-19-51-17-15-50(2)16-18-51)35-36-34(22-47-38(35)26-7-9-28(43)10-8-26)58-49-39(36)57-33(40(53)54)21-27-5-3-4-6-31(27)56-23-29-13-14-48-52(29)24-41(44,45)46/h3-14,22,33H,15-21,23-24H2,1-2H3,(H,53,54). The summed E-state index contributed by atoms with van der Waals surface area (Å²) in [7, 11) is 2.11. The minimum Gasteiger partial charge on any atom is -0.491 e. The number of aliphatic carboxylic acids is 1. The van der Waals surface area contributed by atoms with Crippen molar-refractivity contribution in [3.05, 3.63) is 107 Å². The van der Waals surface area contributed by atoms with Gasteiger partial charge in [0.05, 0.1) is 26.5 Å². The van der Waals surface area contributed by atoms with Gasteiger partial charge in [0.25, 0.3) is 0 Å². The summed E-state index contributed by atoms with van der Waals surface area (Å²) in [6, 6.07) is 17.6. The molecule has 1 N–H and O–H groups in total. The Kier molecular flexibility index (Phi) is 12.5. The number of ether oxygens (including phenoxy) is 3. The molecule has 0 saturated carbocycles. The number of benzene rings is 3. The molecular formula is C41H39ClF4N6O5S. The lowest BCUT2D eigenvalue weighted by Gasteiger charge is -2.32. The molecule has 4 heterocycles. The maximum atomic E-state index is 14.1. The lowest BCUT2D eigenvalue weighted by molar-refractivity contribution is -0.145. The fourth-order valence-electron chi connectivity index (χ4n) is 6.75. The molecule has 58 heavy (non-hydrogen) atoms. The normalized spacial score (nSPS) is 14.5. The first-order valence-corrected chi connectivity index (χ1v) is 19.5. The molecule has 7 rings (SSSR count). The van der Waals surface area contributed by atoms with Crippen molar-refractivity contribution < 1.29 is 41.7 Å². The van der Waals surface area contributed by atoms with Crippen molar-refractivity contribution >= 4 is 39.2 Å². The molecule has 1 unspecified atom stereocenters. The summed E-state index contributed by atoms with van der Waals surface area (Å²) in [6.45, 7) is 5.42. The van der Waals surface area contributed by atoms with Crippen LogP contribution in [0.1, 0.15) is 16.8 Å². The van der Waals surface area contributed by atoms with Crippen molar-refractivity contribution in [2.75, 3.05) is 46.4 Å². The fourth-order valence-corrected chi connectivity index (χ4v) is 7.67. The van der Waals surface area contributed by atoms with Crippen molar-refractivity contribution in [3.63, 3.8) is 0 Å². The van der Waals surface area contributed by atoms with E-state index in [1.165, 1.54) is 24.4 Å². The smallest absolute Gasteiger partial charge is 0.408 e. The predicted molar refractivity (Wildman–Crippen MR) is 212 cm³/mol. The highest BCUT2D eigenvalue weighted by molar-refractivity contribution is 7.13. The van der Waals surface area contributed by atoms with Crippen LogP contribution in [0.5, 0.6) is 17.4 Å². The van der Waals surface area contributed by atoms with Crippen LogP contribution in [0.4, 0.5) is 17.6 Å². The van der Waals surface area contributed by atoms with Crippen LogP contribution in [-0.4, -0.2) is 98.7 Å². The van der Waals surface area contributed by atoms with Crippen molar-refractivity contribution in [1.29, 1.82) is 0 Å². The van der Waals surface area contributed by atoms with Gasteiger partial charge in [-0.05, 0) is 84.7 Å². The number of rotatable bonds is 15. The lowest BCUT2D eigenvalue weighted by Crippen LogP contribution is -2.45. The maximum Gasteiger partial charge on any atom is 0.408 e. The van der Waals surface area contributed by atoms with E-state index < -0.39 is 30.6 Å². The molecule has 1 fully saturated rings. The van der Waals surface area contributed by atoms with Crippen LogP contribution >= 0.6 is 23.1 Å². The number of aromatic nitrogens is 4. The number of piperazine rings is 1. The van der Waals surface area contributed by atoms with Gasteiger partial charge in [0.1, 0.15) is 37.1 Å². The summed E-state index contributed by atoms with van der Waals surface area (Å²) < 4.78 is 77.7. The van der Waals surface area contributed by atoms with E-state index in [2.05, 4.69) is 26.3 Å². The molecule has 11 nitrogen and oxygen atoms in total. The predicted octanol–water partition coefficient (Wildman–Crippen LogP) is 8.16. The number of halogens is 5. The second kappa shape index (κ2) is 17.7. The first-order chi connectivity index (χ1) is 27.8. The summed E-state index contributed by atoms with van der Waals surface area (Å²) in [5, 5.41) is 15.1. The topological polar surface area (TPSA) is 115 Å². The van der Waals surface area contributed by atoms with Crippen molar-refractivity contribution in [1.82, 2.24) is 28.9 Å². The molecule has 6 aromatic rings. The molecule has 1 aliphatic heterocycles. The number of carbonyl (C=O) groups is 1. The molecule has 0 aliphatic carbocycles. The first kappa shape index (κ1) is 40.9. The monoisotopic (exact) mass is 838 g/mol. The molecule has 1 aliphatic rings. The van der Waals surface area contributed by atoms with E-state index in [0.29, 0.717) is 61.0 Å². The molecule has 17 heteroatoms. The number of fused-ring (bicyclic) bond motifs is 1. The number of carboxylic acids is 1. The zero-order valence-corrected chi connectivity index (χ0v) is 33.1. The van der Waals surface area contributed by atoms with Gasteiger partial charge < -0.3 is 24.2 Å². The number of hydrogen-bond donors (Lipinski definition) is 1. The highest BCUT2D eigenvalue weighted by atomic mass is 35.5. The van der Waals surface area contributed by atoms with Crippen LogP contribution in [0.15, 0.2) is 79.1 Å². The van der Waals surface area contributed by atoms with Gasteiger partial charge in [-0.25, -0.2) is 9.18 Å². The van der Waals surface area contributed by atoms with E-state index in [0.717, 1.165) is 48.9 Å². The van der Waals surface area contributed by atoms with Crippen molar-refractivity contribution in [2.24, 2.45) is 0 Å². The Balaban J connectivity index is 1.20. The molecule has 0 radical (unpaired) electrons. The van der Waals surface area contributed by atoms with Crippen LogP contribution in [0, 0.1) is 12.7 Å². The molecule has 0 spiro atoms. The third kappa shape index (κ3) is 9.52. The zero-order valence-electron chi connectivity index (χ0n) is 31.5. The van der Waals surface area contributed by atoms with Crippen molar-refractivity contribution in [2.45, 2.75) is 38.8 Å². The quantitative estimate of drug-likeness (QED) is 0.102. The number of nitrogens with zero attached hydrogens (tertiary/aromatic N) is 6. The van der Waals surface area contributed by atoms with E-state index in [1.807, 2.05) is 13.0 Å². The summed E-state index contributed by atoms with van der Waals surface area (Å²) in [4.78, 5) is 22.2. The Bertz CT molecular complexity index is 2380. The second-order valence-electron chi connectivity index (χ2n) is 13.9. The molecule has 0 amide bonds. The number of carboxylic acid groups (broad SMARTS) is 1. The maximum absolute atomic E-state index is 14.1. The molecular weight excluding hydrogens is 800 g/mol. The summed E-state index contributed by atoms with van der Waals surface area (Å²) in [5.41, 5.74) is 3.58. The van der Waals surface area contributed by atoms with Gasteiger partial charge in [-0.3, -0.25) is 14.6 Å². The molecule has 0 bridgehead atoms. The molecule has 1 atom stereocenters. The van der Waals surface area contributed by atoms with Crippen LogP contribution < -0.4 is 14.2 Å². The van der Waals surface area contributed by atoms with Gasteiger partial charge in [0.2, 0.25) is 12.0 Å². The number of para-hydroxylation sites is 1. The summed E-state index contributed by atoms with van der Waals surface area (Å²) in [6.07, 6.45) is -3.27. The Morgan fingerprint density at radius 1 is 1.00 bits per heavy atom. The Morgan fingerprint density at radius 3 is 2.50 bits per heavy atom. The van der Waals surface area contributed by atoms with E-state index >= 15 is 0 Å². The Morgan fingerprint density at radius 2 is 1.76 bits per heavy atom. The number of hydrogen-bond acceptors (Lipinski definition) is 10. The van der Waals surface area contributed by atoms with Crippen molar-refractivity contribution in [3.8, 4) is 39.8 Å². The first-order valence-electron chi connectivity index (χ1n) is 18.4. The Labute approximate surface area is 340 Å².